The fourth-order valence-electron chi connectivity index (χ4n) is 4.81. The van der Waals surface area contributed by atoms with Gasteiger partial charge in [0.05, 0.1) is 30.8 Å². The summed E-state index contributed by atoms with van der Waals surface area (Å²) in [6, 6.07) is 16.2. The highest BCUT2D eigenvalue weighted by atomic mass is 35.5. The number of hydrogen-bond donors (Lipinski definition) is 3. The molecule has 0 radical (unpaired) electrons. The zero-order valence-electron chi connectivity index (χ0n) is 20.0. The van der Waals surface area contributed by atoms with Crippen molar-refractivity contribution in [3.05, 3.63) is 70.2 Å². The van der Waals surface area contributed by atoms with Gasteiger partial charge in [0.1, 0.15) is 0 Å². The van der Waals surface area contributed by atoms with Crippen LogP contribution in [0.4, 0.5) is 0 Å². The van der Waals surface area contributed by atoms with Gasteiger partial charge in [0.2, 0.25) is 5.91 Å². The molecule has 35 heavy (non-hydrogen) atoms. The lowest BCUT2D eigenvalue weighted by Gasteiger charge is -2.27. The van der Waals surface area contributed by atoms with Crippen molar-refractivity contribution in [3.8, 4) is 11.1 Å². The molecule has 1 aliphatic heterocycles. The van der Waals surface area contributed by atoms with E-state index in [2.05, 4.69) is 28.1 Å². The van der Waals surface area contributed by atoms with Crippen molar-refractivity contribution < 1.29 is 14.6 Å². The Bertz CT molecular complexity index is 1410. The first kappa shape index (κ1) is 23.8. The van der Waals surface area contributed by atoms with Crippen LogP contribution in [0.2, 0.25) is 5.02 Å². The van der Waals surface area contributed by atoms with Crippen LogP contribution >= 0.6 is 11.6 Å². The number of halogens is 1. The highest BCUT2D eigenvalue weighted by molar-refractivity contribution is 6.31. The van der Waals surface area contributed by atoms with E-state index >= 15 is 0 Å². The number of fused-ring (bicyclic) bond motifs is 3. The fraction of sp³-hybridized carbons (Fsp3) is 0.321. The summed E-state index contributed by atoms with van der Waals surface area (Å²) < 4.78 is 5.44. The Hall–Kier alpha value is -2.90. The van der Waals surface area contributed by atoms with E-state index in [-0.39, 0.29) is 6.42 Å². The van der Waals surface area contributed by atoms with Gasteiger partial charge in [-0.25, -0.2) is 0 Å². The second-order valence-corrected chi connectivity index (χ2v) is 10.2. The molecule has 0 bridgehead atoms. The van der Waals surface area contributed by atoms with Gasteiger partial charge in [-0.3, -0.25) is 9.69 Å². The number of primary amides is 1. The number of carbonyl (C=O) groups excluding carboxylic acids is 1. The minimum Gasteiger partial charge on any atom is -0.386 e. The van der Waals surface area contributed by atoms with E-state index in [0.29, 0.717) is 0 Å². The van der Waals surface area contributed by atoms with Crippen LogP contribution < -0.4 is 5.73 Å². The van der Waals surface area contributed by atoms with E-state index in [0.717, 1.165) is 87.5 Å². The average molecular weight is 492 g/mol. The van der Waals surface area contributed by atoms with Gasteiger partial charge >= 0.3 is 0 Å². The Morgan fingerprint density at radius 1 is 1.06 bits per heavy atom. The van der Waals surface area contributed by atoms with Crippen molar-refractivity contribution in [1.82, 2.24) is 9.88 Å². The maximum Gasteiger partial charge on any atom is 0.221 e. The predicted molar refractivity (Wildman–Crippen MR) is 140 cm³/mol. The number of nitrogens with zero attached hydrogens (tertiary/aromatic N) is 1. The molecule has 1 aromatic heterocycles. The van der Waals surface area contributed by atoms with Gasteiger partial charge in [-0.1, -0.05) is 35.9 Å². The van der Waals surface area contributed by atoms with Crippen LogP contribution in [0.1, 0.15) is 30.5 Å². The quantitative estimate of drug-likeness (QED) is 0.363. The molecule has 1 saturated heterocycles. The number of aliphatic hydroxyl groups is 1. The molecule has 1 fully saturated rings. The van der Waals surface area contributed by atoms with Crippen molar-refractivity contribution in [3.63, 3.8) is 0 Å². The lowest BCUT2D eigenvalue weighted by molar-refractivity contribution is -0.117. The van der Waals surface area contributed by atoms with Gasteiger partial charge in [-0.05, 0) is 65.9 Å². The highest BCUT2D eigenvalue weighted by Crippen LogP contribution is 2.36. The SMILES string of the molecule is CC(C)(O)c1ccc2c(c1)[nH]c1c(CC(N)=O)cc(-c3ccc(CN4CCOCC4)c(Cl)c3)cc12. The molecule has 5 rings (SSSR count). The molecule has 1 amide bonds. The van der Waals surface area contributed by atoms with E-state index in [1.165, 1.54) is 0 Å². The van der Waals surface area contributed by atoms with Crippen LogP contribution in [0.5, 0.6) is 0 Å². The molecule has 0 saturated carbocycles. The van der Waals surface area contributed by atoms with E-state index in [1.807, 2.05) is 30.3 Å². The van der Waals surface area contributed by atoms with Crippen LogP contribution in [0.15, 0.2) is 48.5 Å². The molecule has 0 unspecified atom stereocenters. The summed E-state index contributed by atoms with van der Waals surface area (Å²) in [6.45, 7) is 7.63. The zero-order chi connectivity index (χ0) is 24.7. The largest absolute Gasteiger partial charge is 0.386 e. The third kappa shape index (κ3) is 4.93. The number of ether oxygens (including phenoxy) is 1. The van der Waals surface area contributed by atoms with Crippen molar-refractivity contribution in [2.75, 3.05) is 26.3 Å². The van der Waals surface area contributed by atoms with E-state index in [9.17, 15) is 9.90 Å². The number of H-pyrrole nitrogens is 1. The Morgan fingerprint density at radius 3 is 2.51 bits per heavy atom. The minimum atomic E-state index is -0.952. The molecular formula is C28H30ClN3O3. The number of benzene rings is 3. The Kier molecular flexibility index (Phi) is 6.32. The van der Waals surface area contributed by atoms with Gasteiger partial charge in [0, 0.05) is 40.9 Å². The average Bonchev–Trinajstić information content (AvgIpc) is 3.18. The first-order valence-corrected chi connectivity index (χ1v) is 12.3. The smallest absolute Gasteiger partial charge is 0.221 e. The molecule has 0 aliphatic carbocycles. The first-order chi connectivity index (χ1) is 16.7. The second kappa shape index (κ2) is 9.28. The number of hydrogen-bond acceptors (Lipinski definition) is 4. The first-order valence-electron chi connectivity index (χ1n) is 11.9. The summed E-state index contributed by atoms with van der Waals surface area (Å²) in [5.74, 6) is -0.391. The Morgan fingerprint density at radius 2 is 1.83 bits per heavy atom. The number of rotatable bonds is 6. The maximum atomic E-state index is 11.9. The molecular weight excluding hydrogens is 462 g/mol. The number of amides is 1. The van der Waals surface area contributed by atoms with E-state index in [1.54, 1.807) is 13.8 Å². The van der Waals surface area contributed by atoms with Crippen LogP contribution in [-0.2, 0) is 28.1 Å². The number of nitrogens with one attached hydrogen (secondary N) is 1. The molecule has 1 aliphatic rings. The zero-order valence-corrected chi connectivity index (χ0v) is 20.8. The summed E-state index contributed by atoms with van der Waals surface area (Å²) >= 11 is 6.71. The van der Waals surface area contributed by atoms with Gasteiger partial charge < -0.3 is 20.6 Å². The van der Waals surface area contributed by atoms with Crippen molar-refractivity contribution in [1.29, 1.82) is 0 Å². The molecule has 3 aromatic carbocycles. The number of nitrogens with two attached hydrogens (primary N) is 1. The number of aromatic amines is 1. The summed E-state index contributed by atoms with van der Waals surface area (Å²) in [7, 11) is 0. The predicted octanol–water partition coefficient (Wildman–Crippen LogP) is 4.73. The Labute approximate surface area is 209 Å². The molecule has 4 N–H and O–H groups in total. The normalized spacial score (nSPS) is 15.2. The summed E-state index contributed by atoms with van der Waals surface area (Å²) in [6.07, 6.45) is 0.123. The van der Waals surface area contributed by atoms with E-state index in [4.69, 9.17) is 22.1 Å². The number of aromatic nitrogens is 1. The Balaban J connectivity index is 1.58. The topological polar surface area (TPSA) is 91.6 Å². The van der Waals surface area contributed by atoms with Gasteiger partial charge in [-0.15, -0.1) is 0 Å². The number of morpholine rings is 1. The molecule has 0 spiro atoms. The van der Waals surface area contributed by atoms with Crippen LogP contribution in [0.25, 0.3) is 32.9 Å². The number of carbonyl (C=O) groups is 1. The maximum absolute atomic E-state index is 11.9. The lowest BCUT2D eigenvalue weighted by Crippen LogP contribution is -2.35. The summed E-state index contributed by atoms with van der Waals surface area (Å²) in [5.41, 5.74) is 11.1. The van der Waals surface area contributed by atoms with E-state index < -0.39 is 11.5 Å². The second-order valence-electron chi connectivity index (χ2n) is 9.84. The van der Waals surface area contributed by atoms with Crippen molar-refractivity contribution in [2.45, 2.75) is 32.4 Å². The van der Waals surface area contributed by atoms with Gasteiger partial charge in [0.15, 0.2) is 0 Å². The monoisotopic (exact) mass is 491 g/mol. The third-order valence-corrected chi connectivity index (χ3v) is 7.10. The molecule has 0 atom stereocenters. The molecule has 4 aromatic rings. The van der Waals surface area contributed by atoms with Crippen molar-refractivity contribution >= 4 is 39.3 Å². The standard InChI is InChI=1S/C28H30ClN3O3/c1-28(2,34)21-5-6-22-23-12-19(11-20(14-26(30)33)27(23)31-25(22)15-21)17-3-4-18(24(29)13-17)16-32-7-9-35-10-8-32/h3-6,11-13,15,31,34H,7-10,14,16H2,1-2H3,(H2,30,33). The van der Waals surface area contributed by atoms with Crippen LogP contribution in [0, 0.1) is 0 Å². The van der Waals surface area contributed by atoms with Crippen molar-refractivity contribution in [2.24, 2.45) is 5.73 Å². The molecule has 6 nitrogen and oxygen atoms in total. The third-order valence-electron chi connectivity index (χ3n) is 6.74. The fourth-order valence-corrected chi connectivity index (χ4v) is 5.05. The minimum absolute atomic E-state index is 0.123. The lowest BCUT2D eigenvalue weighted by atomic mass is 9.95. The van der Waals surface area contributed by atoms with Gasteiger partial charge in [-0.2, -0.15) is 0 Å². The summed E-state index contributed by atoms with van der Waals surface area (Å²) in [5, 5.41) is 13.2. The summed E-state index contributed by atoms with van der Waals surface area (Å²) in [4.78, 5) is 17.7. The van der Waals surface area contributed by atoms with Gasteiger partial charge in [0.25, 0.3) is 0 Å². The highest BCUT2D eigenvalue weighted by Gasteiger charge is 2.19. The molecule has 182 valence electrons. The van der Waals surface area contributed by atoms with Crippen LogP contribution in [-0.4, -0.2) is 47.2 Å². The molecule has 7 heteroatoms. The molecule has 2 heterocycles. The van der Waals surface area contributed by atoms with Crippen LogP contribution in [0.3, 0.4) is 0 Å².